The SMILES string of the molecule is O=P([O-])([O-])[O-].[I-].[K+].[K+].[K+].[K+]. The van der Waals surface area contributed by atoms with Gasteiger partial charge in [0.05, 0.1) is 0 Å². The summed E-state index contributed by atoms with van der Waals surface area (Å²) in [6.45, 7) is 0. The van der Waals surface area contributed by atoms with Crippen molar-refractivity contribution in [1.29, 1.82) is 0 Å². The second-order valence-electron chi connectivity index (χ2n) is 0.447. The second-order valence-corrected chi connectivity index (χ2v) is 1.34. The molecule has 0 aromatic rings. The molecule has 10 heavy (non-hydrogen) atoms. The van der Waals surface area contributed by atoms with Gasteiger partial charge in [0.25, 0.3) is 0 Å². The molecule has 0 spiro atoms. The van der Waals surface area contributed by atoms with Gasteiger partial charge in [0.1, 0.15) is 0 Å². The van der Waals surface area contributed by atoms with Gasteiger partial charge in [-0.25, -0.2) is 0 Å². The van der Waals surface area contributed by atoms with Crippen LogP contribution in [-0.2, 0) is 4.57 Å². The first-order valence-electron chi connectivity index (χ1n) is 0.730. The summed E-state index contributed by atoms with van der Waals surface area (Å²) in [5, 5.41) is 0. The van der Waals surface area contributed by atoms with Gasteiger partial charge in [-0.3, -0.25) is 0 Å². The van der Waals surface area contributed by atoms with Crippen LogP contribution in [0.15, 0.2) is 0 Å². The van der Waals surface area contributed by atoms with Crippen molar-refractivity contribution in [2.24, 2.45) is 0 Å². The Bertz CT molecular complexity index is 63.4. The molecule has 0 rings (SSSR count). The molecule has 0 aromatic carbocycles. The summed E-state index contributed by atoms with van der Waals surface area (Å²) >= 11 is 0. The molecule has 0 aliphatic rings. The molecule has 0 bridgehead atoms. The Hall–Kier alpha value is 7.39. The molecule has 0 fully saturated rings. The molecule has 4 nitrogen and oxygen atoms in total. The van der Waals surface area contributed by atoms with E-state index in [9.17, 15) is 0 Å². The van der Waals surface area contributed by atoms with Crippen LogP contribution >= 0.6 is 7.82 Å². The first-order valence-corrected chi connectivity index (χ1v) is 2.19. The van der Waals surface area contributed by atoms with Crippen LogP contribution in [0.5, 0.6) is 0 Å². The van der Waals surface area contributed by atoms with Gasteiger partial charge in [-0.05, 0) is 0 Å². The van der Waals surface area contributed by atoms with E-state index in [0.29, 0.717) is 0 Å². The third-order valence-electron chi connectivity index (χ3n) is 0. The molecule has 0 amide bonds. The van der Waals surface area contributed by atoms with E-state index in [4.69, 9.17) is 19.2 Å². The van der Waals surface area contributed by atoms with Crippen LogP contribution in [-0.4, -0.2) is 0 Å². The monoisotopic (exact) mass is 378 g/mol. The van der Waals surface area contributed by atoms with Crippen LogP contribution in [0.4, 0.5) is 0 Å². The topological polar surface area (TPSA) is 86.2 Å². The zero-order chi connectivity index (χ0) is 4.50. The largest absolute Gasteiger partial charge is 1.00 e. The Balaban J connectivity index is -0.00000000800. The third-order valence-corrected chi connectivity index (χ3v) is 0. The van der Waals surface area contributed by atoms with Gasteiger partial charge in [-0.1, -0.05) is 0 Å². The average Bonchev–Trinajstić information content (AvgIpc) is 0.722. The van der Waals surface area contributed by atoms with Gasteiger partial charge in [0.15, 0.2) is 0 Å². The fraction of sp³-hybridized carbons (Fsp3) is 0. The van der Waals surface area contributed by atoms with Gasteiger partial charge in [-0.2, -0.15) is 7.82 Å². The molecule has 0 aliphatic heterocycles. The minimum absolute atomic E-state index is 0. The molecule has 10 heteroatoms. The maximum atomic E-state index is 8.55. The number of phosphoric acid groups is 1. The average molecular weight is 378 g/mol. The van der Waals surface area contributed by atoms with Crippen molar-refractivity contribution in [2.75, 3.05) is 0 Å². The van der Waals surface area contributed by atoms with E-state index in [1.807, 2.05) is 0 Å². The molecule has 0 heterocycles. The summed E-state index contributed by atoms with van der Waals surface area (Å²) in [6.07, 6.45) is 0. The van der Waals surface area contributed by atoms with Crippen molar-refractivity contribution < 1.29 is 249 Å². The molecule has 0 N–H and O–H groups in total. The molecule has 0 saturated carbocycles. The minimum atomic E-state index is -5.39. The molecule has 0 unspecified atom stereocenters. The van der Waals surface area contributed by atoms with Gasteiger partial charge in [0, 0.05) is 0 Å². The normalized spacial score (nSPS) is 5.90. The van der Waals surface area contributed by atoms with E-state index in [0.717, 1.165) is 0 Å². The van der Waals surface area contributed by atoms with Gasteiger partial charge >= 0.3 is 206 Å². The van der Waals surface area contributed by atoms with Crippen LogP contribution in [0.25, 0.3) is 0 Å². The molecule has 0 aliphatic carbocycles. The Morgan fingerprint density at radius 1 is 0.800 bits per heavy atom. The summed E-state index contributed by atoms with van der Waals surface area (Å²) in [5.41, 5.74) is 0. The van der Waals surface area contributed by atoms with E-state index >= 15 is 0 Å². The number of halogens is 1. The Morgan fingerprint density at radius 2 is 0.800 bits per heavy atom. The van der Waals surface area contributed by atoms with Crippen LogP contribution in [0.1, 0.15) is 0 Å². The number of rotatable bonds is 0. The first-order chi connectivity index (χ1) is 2.00. The van der Waals surface area contributed by atoms with Crippen molar-refractivity contribution >= 4 is 7.82 Å². The fourth-order valence-electron chi connectivity index (χ4n) is 0. The van der Waals surface area contributed by atoms with Crippen LogP contribution in [0.3, 0.4) is 0 Å². The quantitative estimate of drug-likeness (QED) is 0.238. The Kier molecular flexibility index (Phi) is 77.9. The van der Waals surface area contributed by atoms with E-state index in [-0.39, 0.29) is 230 Å². The van der Waals surface area contributed by atoms with E-state index in [1.165, 1.54) is 0 Å². The molecule has 40 valence electrons. The van der Waals surface area contributed by atoms with Crippen LogP contribution in [0.2, 0.25) is 0 Å². The Morgan fingerprint density at radius 3 is 0.800 bits per heavy atom. The van der Waals surface area contributed by atoms with Crippen molar-refractivity contribution in [3.63, 3.8) is 0 Å². The standard InChI is InChI=1S/HI.4K.H3O4P/c;;;;;1-5(2,3)4/h1H;;;;;(H3,1,2,3,4)/q;4*+1;/p-4. The maximum absolute atomic E-state index is 8.55. The summed E-state index contributed by atoms with van der Waals surface area (Å²) < 4.78 is 8.55. The smallest absolute Gasteiger partial charge is 1.00 e. The number of hydrogen-bond donors (Lipinski definition) is 0. The van der Waals surface area contributed by atoms with Gasteiger partial charge in [-0.15, -0.1) is 0 Å². The van der Waals surface area contributed by atoms with E-state index in [1.54, 1.807) is 0 Å². The molecular weight excluding hydrogens is 378 g/mol. The van der Waals surface area contributed by atoms with Crippen molar-refractivity contribution in [1.82, 2.24) is 0 Å². The summed E-state index contributed by atoms with van der Waals surface area (Å²) in [4.78, 5) is 25.6. The first kappa shape index (κ1) is 36.0. The van der Waals surface area contributed by atoms with Crippen molar-refractivity contribution in [2.45, 2.75) is 0 Å². The van der Waals surface area contributed by atoms with E-state index < -0.39 is 7.82 Å². The molecule has 0 radical (unpaired) electrons. The predicted molar refractivity (Wildman–Crippen MR) is 7.61 cm³/mol. The minimum Gasteiger partial charge on any atom is -1.00 e. The van der Waals surface area contributed by atoms with E-state index in [2.05, 4.69) is 0 Å². The second kappa shape index (κ2) is 21.6. The summed E-state index contributed by atoms with van der Waals surface area (Å²) in [6, 6.07) is 0. The van der Waals surface area contributed by atoms with Crippen molar-refractivity contribution in [3.05, 3.63) is 0 Å². The maximum Gasteiger partial charge on any atom is 1.00 e. The fourth-order valence-corrected chi connectivity index (χ4v) is 0. The third kappa shape index (κ3) is 58.4. The van der Waals surface area contributed by atoms with Crippen molar-refractivity contribution in [3.8, 4) is 0 Å². The summed E-state index contributed by atoms with van der Waals surface area (Å²) in [5.74, 6) is 0. The van der Waals surface area contributed by atoms with Gasteiger partial charge in [0.2, 0.25) is 0 Å². The van der Waals surface area contributed by atoms with Crippen LogP contribution < -0.4 is 244 Å². The zero-order valence-electron chi connectivity index (χ0n) is 6.46. The molecule has 0 saturated heterocycles. The zero-order valence-corrected chi connectivity index (χ0v) is 22.0. The molecule has 0 atom stereocenters. The van der Waals surface area contributed by atoms with Crippen LogP contribution in [0, 0.1) is 0 Å². The van der Waals surface area contributed by atoms with Gasteiger partial charge < -0.3 is 43.2 Å². The Labute approximate surface area is 247 Å². The summed E-state index contributed by atoms with van der Waals surface area (Å²) in [7, 11) is -5.39. The molecule has 0 aromatic heterocycles. The molecular formula is IK4O4P. The number of hydrogen-bond acceptors (Lipinski definition) is 4. The predicted octanol–water partition coefficient (Wildman–Crippen LogP) is -17.8.